The third-order valence-electron chi connectivity index (χ3n) is 4.26. The molecule has 2 rings (SSSR count). The van der Waals surface area contributed by atoms with Crippen LogP contribution in [0.1, 0.15) is 40.0 Å². The van der Waals surface area contributed by atoms with Crippen LogP contribution in [0, 0.1) is 17.8 Å². The predicted molar refractivity (Wildman–Crippen MR) is 56.7 cm³/mol. The highest BCUT2D eigenvalue weighted by Crippen LogP contribution is 2.43. The Balaban J connectivity index is 1.81. The molecule has 0 aromatic carbocycles. The molecule has 1 saturated carbocycles. The van der Waals surface area contributed by atoms with E-state index in [1.54, 1.807) is 0 Å². The van der Waals surface area contributed by atoms with Crippen LogP contribution < -0.4 is 0 Å². The first-order valence-corrected chi connectivity index (χ1v) is 5.96. The normalized spacial score (nSPS) is 42.2. The highest BCUT2D eigenvalue weighted by Gasteiger charge is 2.41. The van der Waals surface area contributed by atoms with E-state index in [4.69, 9.17) is 0 Å². The third-order valence-corrected chi connectivity index (χ3v) is 4.26. The van der Waals surface area contributed by atoms with Gasteiger partial charge in [-0.25, -0.2) is 0 Å². The molecule has 0 bridgehead atoms. The van der Waals surface area contributed by atoms with E-state index in [-0.39, 0.29) is 0 Å². The van der Waals surface area contributed by atoms with Crippen molar-refractivity contribution in [2.45, 2.75) is 46.1 Å². The van der Waals surface area contributed by atoms with Gasteiger partial charge in [-0.2, -0.15) is 0 Å². The Morgan fingerprint density at radius 1 is 1.46 bits per heavy atom. The lowest BCUT2D eigenvalue weighted by molar-refractivity contribution is 0.220. The maximum Gasteiger partial charge on any atom is 0.00979 e. The predicted octanol–water partition coefficient (Wildman–Crippen LogP) is 2.76. The number of likely N-dealkylation sites (tertiary alicyclic amines) is 1. The van der Waals surface area contributed by atoms with E-state index in [1.807, 2.05) is 0 Å². The van der Waals surface area contributed by atoms with Crippen LogP contribution in [0.2, 0.25) is 0 Å². The topological polar surface area (TPSA) is 3.24 Å². The van der Waals surface area contributed by atoms with Crippen molar-refractivity contribution in [2.75, 3.05) is 13.1 Å². The fourth-order valence-electron chi connectivity index (χ4n) is 2.86. The van der Waals surface area contributed by atoms with Gasteiger partial charge in [0.1, 0.15) is 0 Å². The van der Waals surface area contributed by atoms with Crippen molar-refractivity contribution in [3.8, 4) is 0 Å². The minimum Gasteiger partial charge on any atom is -0.300 e. The fraction of sp³-hybridized carbons (Fsp3) is 1.00. The van der Waals surface area contributed by atoms with Crippen molar-refractivity contribution in [3.05, 3.63) is 0 Å². The Bertz CT molecular complexity index is 178. The molecule has 1 heteroatoms. The first-order valence-electron chi connectivity index (χ1n) is 5.96. The first-order chi connectivity index (χ1) is 6.22. The summed E-state index contributed by atoms with van der Waals surface area (Å²) in [7, 11) is 0. The van der Waals surface area contributed by atoms with Gasteiger partial charge in [-0.1, -0.05) is 20.3 Å². The van der Waals surface area contributed by atoms with Crippen LogP contribution in [0.15, 0.2) is 0 Å². The zero-order valence-corrected chi connectivity index (χ0v) is 9.29. The molecule has 4 unspecified atom stereocenters. The van der Waals surface area contributed by atoms with E-state index in [0.29, 0.717) is 0 Å². The number of rotatable bonds is 3. The van der Waals surface area contributed by atoms with Crippen LogP contribution >= 0.6 is 0 Å². The molecule has 76 valence electrons. The molecule has 1 aliphatic heterocycles. The van der Waals surface area contributed by atoms with Gasteiger partial charge in [-0.05, 0) is 44.1 Å². The lowest BCUT2D eigenvalue weighted by atomic mass is 10.1. The molecule has 1 nitrogen and oxygen atoms in total. The molecule has 0 aromatic heterocycles. The Morgan fingerprint density at radius 3 is 2.62 bits per heavy atom. The van der Waals surface area contributed by atoms with Crippen molar-refractivity contribution in [3.63, 3.8) is 0 Å². The van der Waals surface area contributed by atoms with Crippen LogP contribution in [-0.2, 0) is 0 Å². The Hall–Kier alpha value is -0.0400. The van der Waals surface area contributed by atoms with Gasteiger partial charge >= 0.3 is 0 Å². The van der Waals surface area contributed by atoms with Crippen molar-refractivity contribution >= 4 is 0 Å². The van der Waals surface area contributed by atoms with E-state index in [0.717, 1.165) is 23.8 Å². The van der Waals surface area contributed by atoms with Crippen LogP contribution in [0.3, 0.4) is 0 Å². The van der Waals surface area contributed by atoms with Crippen molar-refractivity contribution in [1.82, 2.24) is 4.90 Å². The first kappa shape index (κ1) is 9.51. The Labute approximate surface area is 82.5 Å². The molecule has 4 atom stereocenters. The minimum absolute atomic E-state index is 0.867. The maximum absolute atomic E-state index is 2.72. The van der Waals surface area contributed by atoms with Crippen molar-refractivity contribution in [1.29, 1.82) is 0 Å². The fourth-order valence-corrected chi connectivity index (χ4v) is 2.86. The molecular weight excluding hydrogens is 158 g/mol. The van der Waals surface area contributed by atoms with Gasteiger partial charge in [-0.15, -0.1) is 0 Å². The molecule has 13 heavy (non-hydrogen) atoms. The molecule has 0 spiro atoms. The molecule has 0 N–H and O–H groups in total. The summed E-state index contributed by atoms with van der Waals surface area (Å²) in [5, 5.41) is 0. The monoisotopic (exact) mass is 181 g/mol. The van der Waals surface area contributed by atoms with E-state index < -0.39 is 0 Å². The lowest BCUT2D eigenvalue weighted by Gasteiger charge is -2.24. The largest absolute Gasteiger partial charge is 0.300 e. The van der Waals surface area contributed by atoms with Crippen LogP contribution in [0.25, 0.3) is 0 Å². The molecular formula is C12H23N. The average Bonchev–Trinajstić information content (AvgIpc) is 2.70. The minimum atomic E-state index is 0.867. The summed E-state index contributed by atoms with van der Waals surface area (Å²) in [6, 6.07) is 0.867. The van der Waals surface area contributed by atoms with E-state index in [1.165, 1.54) is 32.4 Å². The second-order valence-corrected chi connectivity index (χ2v) is 5.18. The van der Waals surface area contributed by atoms with Gasteiger partial charge in [-0.3, -0.25) is 0 Å². The number of hydrogen-bond donors (Lipinski definition) is 0. The van der Waals surface area contributed by atoms with E-state index in [9.17, 15) is 0 Å². The molecule has 2 aliphatic rings. The zero-order valence-electron chi connectivity index (χ0n) is 9.29. The standard InChI is InChI=1S/C12H23N/c1-4-11-5-6-13(8-11)10(3)12-7-9(12)2/h9-12H,4-8H2,1-3H3. The van der Waals surface area contributed by atoms with Crippen LogP contribution in [0.4, 0.5) is 0 Å². The van der Waals surface area contributed by atoms with Crippen molar-refractivity contribution < 1.29 is 0 Å². The second-order valence-electron chi connectivity index (χ2n) is 5.18. The Morgan fingerprint density at radius 2 is 2.15 bits per heavy atom. The molecule has 0 aromatic rings. The number of nitrogens with zero attached hydrogens (tertiary/aromatic N) is 1. The van der Waals surface area contributed by atoms with Gasteiger partial charge in [0.15, 0.2) is 0 Å². The smallest absolute Gasteiger partial charge is 0.00979 e. The summed E-state index contributed by atoms with van der Waals surface area (Å²) in [4.78, 5) is 2.72. The maximum atomic E-state index is 2.72. The summed E-state index contributed by atoms with van der Waals surface area (Å²) in [5.41, 5.74) is 0. The molecule has 2 fully saturated rings. The van der Waals surface area contributed by atoms with Gasteiger partial charge < -0.3 is 4.90 Å². The van der Waals surface area contributed by atoms with E-state index in [2.05, 4.69) is 25.7 Å². The summed E-state index contributed by atoms with van der Waals surface area (Å²) in [6.45, 7) is 9.91. The van der Waals surface area contributed by atoms with Gasteiger partial charge in [0, 0.05) is 12.6 Å². The van der Waals surface area contributed by atoms with Crippen molar-refractivity contribution in [2.24, 2.45) is 17.8 Å². The van der Waals surface area contributed by atoms with Gasteiger partial charge in [0.25, 0.3) is 0 Å². The van der Waals surface area contributed by atoms with E-state index >= 15 is 0 Å². The summed E-state index contributed by atoms with van der Waals surface area (Å²) < 4.78 is 0. The highest BCUT2D eigenvalue weighted by molar-refractivity contribution is 4.93. The van der Waals surface area contributed by atoms with Gasteiger partial charge in [0.05, 0.1) is 0 Å². The second kappa shape index (κ2) is 3.61. The third kappa shape index (κ3) is 1.90. The quantitative estimate of drug-likeness (QED) is 0.647. The SMILES string of the molecule is CCC1CCN(C(C)C2CC2C)C1. The summed E-state index contributed by atoms with van der Waals surface area (Å²) in [6.07, 6.45) is 4.31. The molecule has 1 aliphatic carbocycles. The molecule has 0 amide bonds. The molecule has 1 saturated heterocycles. The zero-order chi connectivity index (χ0) is 9.42. The molecule has 0 radical (unpaired) electrons. The average molecular weight is 181 g/mol. The summed E-state index contributed by atoms with van der Waals surface area (Å²) >= 11 is 0. The number of hydrogen-bond acceptors (Lipinski definition) is 1. The van der Waals surface area contributed by atoms with Crippen LogP contribution in [0.5, 0.6) is 0 Å². The Kier molecular flexibility index (Phi) is 2.64. The molecule has 1 heterocycles. The lowest BCUT2D eigenvalue weighted by Crippen LogP contribution is -2.32. The van der Waals surface area contributed by atoms with Crippen LogP contribution in [-0.4, -0.2) is 24.0 Å². The summed E-state index contributed by atoms with van der Waals surface area (Å²) in [5.74, 6) is 3.03. The highest BCUT2D eigenvalue weighted by atomic mass is 15.2. The van der Waals surface area contributed by atoms with Gasteiger partial charge in [0.2, 0.25) is 0 Å².